The van der Waals surface area contributed by atoms with E-state index in [4.69, 9.17) is 5.73 Å². The smallest absolute Gasteiger partial charge is 0.388 e. The van der Waals surface area contributed by atoms with Crippen LogP contribution < -0.4 is 5.73 Å². The van der Waals surface area contributed by atoms with E-state index in [0.717, 1.165) is 12.1 Å². The summed E-state index contributed by atoms with van der Waals surface area (Å²) in [6.07, 6.45) is -3.87. The Bertz CT molecular complexity index is 599. The predicted octanol–water partition coefficient (Wildman–Crippen LogP) is 2.96. The molecule has 2 aromatic rings. The topological polar surface area (TPSA) is 59.1 Å². The second-order valence-electron chi connectivity index (χ2n) is 4.39. The molecule has 0 saturated heterocycles. The van der Waals surface area contributed by atoms with Gasteiger partial charge in [0.2, 0.25) is 0 Å². The lowest BCUT2D eigenvalue weighted by Gasteiger charge is -2.14. The van der Waals surface area contributed by atoms with Crippen LogP contribution in [0.4, 0.5) is 19.0 Å². The van der Waals surface area contributed by atoms with E-state index in [9.17, 15) is 18.3 Å². The number of hydrogen-bond acceptors (Lipinski definition) is 3. The number of aliphatic hydroxyl groups excluding tert-OH is 1. The number of alkyl halides is 3. The second-order valence-corrected chi connectivity index (χ2v) is 4.39. The van der Waals surface area contributed by atoms with Crippen molar-refractivity contribution in [2.24, 2.45) is 0 Å². The average molecular weight is 282 g/mol. The zero-order chi connectivity index (χ0) is 14.8. The van der Waals surface area contributed by atoms with Crippen LogP contribution in [0.15, 0.2) is 42.6 Å². The molecule has 1 atom stereocenters. The van der Waals surface area contributed by atoms with Gasteiger partial charge in [0.25, 0.3) is 0 Å². The number of anilines is 1. The van der Waals surface area contributed by atoms with E-state index in [1.807, 2.05) is 0 Å². The van der Waals surface area contributed by atoms with Crippen molar-refractivity contribution in [3.63, 3.8) is 0 Å². The summed E-state index contributed by atoms with van der Waals surface area (Å²) in [5.74, 6) is 0.263. The van der Waals surface area contributed by atoms with Crippen LogP contribution in [0.1, 0.15) is 22.8 Å². The van der Waals surface area contributed by atoms with E-state index >= 15 is 0 Å². The maximum atomic E-state index is 12.6. The largest absolute Gasteiger partial charge is 0.416 e. The molecule has 3 nitrogen and oxygen atoms in total. The zero-order valence-corrected chi connectivity index (χ0v) is 10.4. The van der Waals surface area contributed by atoms with E-state index in [-0.39, 0.29) is 17.8 Å². The summed E-state index contributed by atoms with van der Waals surface area (Å²) < 4.78 is 37.8. The highest BCUT2D eigenvalue weighted by Gasteiger charge is 2.30. The summed E-state index contributed by atoms with van der Waals surface area (Å²) in [4.78, 5) is 3.87. The molecule has 1 aromatic carbocycles. The van der Waals surface area contributed by atoms with E-state index in [1.165, 1.54) is 18.3 Å². The molecule has 0 amide bonds. The number of pyridine rings is 1. The molecule has 6 heteroatoms. The van der Waals surface area contributed by atoms with Crippen molar-refractivity contribution < 1.29 is 18.3 Å². The first kappa shape index (κ1) is 14.3. The van der Waals surface area contributed by atoms with Gasteiger partial charge >= 0.3 is 6.18 Å². The highest BCUT2D eigenvalue weighted by molar-refractivity contribution is 5.39. The predicted molar refractivity (Wildman–Crippen MR) is 68.8 cm³/mol. The highest BCUT2D eigenvalue weighted by atomic mass is 19.4. The van der Waals surface area contributed by atoms with Crippen LogP contribution in [0.25, 0.3) is 0 Å². The molecule has 0 aliphatic carbocycles. The summed E-state index contributed by atoms with van der Waals surface area (Å²) in [5, 5.41) is 10.0. The minimum atomic E-state index is -4.43. The van der Waals surface area contributed by atoms with Crippen molar-refractivity contribution in [1.29, 1.82) is 0 Å². The first-order chi connectivity index (χ1) is 9.38. The summed E-state index contributed by atoms with van der Waals surface area (Å²) in [5.41, 5.74) is 5.65. The van der Waals surface area contributed by atoms with Crippen LogP contribution >= 0.6 is 0 Å². The van der Waals surface area contributed by atoms with Crippen molar-refractivity contribution in [2.45, 2.75) is 18.7 Å². The number of nitrogen functional groups attached to an aromatic ring is 1. The SMILES string of the molecule is Nc1ncccc1CC(O)c1cccc(C(F)(F)F)c1. The van der Waals surface area contributed by atoms with Gasteiger partial charge in [-0.25, -0.2) is 4.98 Å². The normalized spacial score (nSPS) is 13.2. The molecule has 3 N–H and O–H groups in total. The van der Waals surface area contributed by atoms with Gasteiger partial charge in [-0.15, -0.1) is 0 Å². The Morgan fingerprint density at radius 1 is 1.20 bits per heavy atom. The van der Waals surface area contributed by atoms with Crippen LogP contribution in [0.5, 0.6) is 0 Å². The Kier molecular flexibility index (Phi) is 3.94. The van der Waals surface area contributed by atoms with Crippen LogP contribution in [0.2, 0.25) is 0 Å². The van der Waals surface area contributed by atoms with Gasteiger partial charge in [0.05, 0.1) is 11.7 Å². The Labute approximate surface area is 113 Å². The van der Waals surface area contributed by atoms with Crippen molar-refractivity contribution in [3.05, 3.63) is 59.3 Å². The average Bonchev–Trinajstić information content (AvgIpc) is 2.40. The number of hydrogen-bond donors (Lipinski definition) is 2. The molecule has 0 saturated carbocycles. The molecule has 20 heavy (non-hydrogen) atoms. The number of nitrogens with zero attached hydrogens (tertiary/aromatic N) is 1. The molecule has 0 bridgehead atoms. The van der Waals surface area contributed by atoms with Crippen molar-refractivity contribution in [2.75, 3.05) is 5.73 Å². The molecule has 0 aliphatic heterocycles. The Morgan fingerprint density at radius 2 is 1.95 bits per heavy atom. The monoisotopic (exact) mass is 282 g/mol. The molecule has 0 aliphatic rings. The number of rotatable bonds is 3. The van der Waals surface area contributed by atoms with E-state index in [1.54, 1.807) is 12.1 Å². The Hall–Kier alpha value is -2.08. The number of aliphatic hydroxyl groups is 1. The molecule has 1 aromatic heterocycles. The summed E-state index contributed by atoms with van der Waals surface area (Å²) in [7, 11) is 0. The van der Waals surface area contributed by atoms with Crippen LogP contribution in [0.3, 0.4) is 0 Å². The van der Waals surface area contributed by atoms with Gasteiger partial charge in [-0.05, 0) is 29.3 Å². The third-order valence-corrected chi connectivity index (χ3v) is 2.94. The van der Waals surface area contributed by atoms with E-state index in [0.29, 0.717) is 5.56 Å². The standard InChI is InChI=1S/C14H13F3N2O/c15-14(16,17)11-5-1-3-9(7-11)12(20)8-10-4-2-6-19-13(10)18/h1-7,12,20H,8H2,(H2,18,19). The van der Waals surface area contributed by atoms with Crippen molar-refractivity contribution >= 4 is 5.82 Å². The Balaban J connectivity index is 2.22. The maximum Gasteiger partial charge on any atom is 0.416 e. The van der Waals surface area contributed by atoms with Crippen LogP contribution in [-0.4, -0.2) is 10.1 Å². The first-order valence-electron chi connectivity index (χ1n) is 5.92. The molecule has 1 heterocycles. The minimum Gasteiger partial charge on any atom is -0.388 e. The van der Waals surface area contributed by atoms with Gasteiger partial charge in [-0.3, -0.25) is 0 Å². The van der Waals surface area contributed by atoms with Gasteiger partial charge in [-0.2, -0.15) is 13.2 Å². The molecular formula is C14H13F3N2O. The van der Waals surface area contributed by atoms with Crippen LogP contribution in [-0.2, 0) is 12.6 Å². The zero-order valence-electron chi connectivity index (χ0n) is 10.4. The molecule has 2 rings (SSSR count). The summed E-state index contributed by atoms with van der Waals surface area (Å²) in [6, 6.07) is 7.97. The molecule has 0 fully saturated rings. The fourth-order valence-corrected chi connectivity index (χ4v) is 1.87. The number of nitrogens with two attached hydrogens (primary N) is 1. The van der Waals surface area contributed by atoms with Gasteiger partial charge in [-0.1, -0.05) is 18.2 Å². The fraction of sp³-hybridized carbons (Fsp3) is 0.214. The van der Waals surface area contributed by atoms with Crippen molar-refractivity contribution in [1.82, 2.24) is 4.98 Å². The minimum absolute atomic E-state index is 0.112. The second kappa shape index (κ2) is 5.50. The Morgan fingerprint density at radius 3 is 2.60 bits per heavy atom. The van der Waals surface area contributed by atoms with Gasteiger partial charge in [0, 0.05) is 12.6 Å². The number of benzene rings is 1. The van der Waals surface area contributed by atoms with E-state index < -0.39 is 17.8 Å². The fourth-order valence-electron chi connectivity index (χ4n) is 1.87. The molecule has 106 valence electrons. The van der Waals surface area contributed by atoms with Gasteiger partial charge in [0.1, 0.15) is 5.82 Å². The first-order valence-corrected chi connectivity index (χ1v) is 5.92. The summed E-state index contributed by atoms with van der Waals surface area (Å²) in [6.45, 7) is 0. The lowest BCUT2D eigenvalue weighted by atomic mass is 10.00. The number of aromatic nitrogens is 1. The lowest BCUT2D eigenvalue weighted by Crippen LogP contribution is -2.09. The number of halogens is 3. The van der Waals surface area contributed by atoms with E-state index in [2.05, 4.69) is 4.98 Å². The maximum absolute atomic E-state index is 12.6. The quantitative estimate of drug-likeness (QED) is 0.910. The van der Waals surface area contributed by atoms with Gasteiger partial charge in [0.15, 0.2) is 0 Å². The summed E-state index contributed by atoms with van der Waals surface area (Å²) >= 11 is 0. The van der Waals surface area contributed by atoms with Crippen LogP contribution in [0, 0.1) is 0 Å². The van der Waals surface area contributed by atoms with Crippen molar-refractivity contribution in [3.8, 4) is 0 Å². The lowest BCUT2D eigenvalue weighted by molar-refractivity contribution is -0.137. The third-order valence-electron chi connectivity index (χ3n) is 2.94. The third kappa shape index (κ3) is 3.27. The highest BCUT2D eigenvalue weighted by Crippen LogP contribution is 2.31. The molecule has 0 spiro atoms. The molecule has 1 unspecified atom stereocenters. The molecule has 0 radical (unpaired) electrons. The van der Waals surface area contributed by atoms with Gasteiger partial charge < -0.3 is 10.8 Å². The molecular weight excluding hydrogens is 269 g/mol.